The quantitative estimate of drug-likeness (QED) is 0.836. The zero-order valence-corrected chi connectivity index (χ0v) is 11.8. The van der Waals surface area contributed by atoms with Gasteiger partial charge in [0.2, 0.25) is 5.91 Å². The molecular weight excluding hydrogens is 272 g/mol. The number of carbonyl (C=O) groups is 1. The molecule has 2 atom stereocenters. The zero-order chi connectivity index (χ0) is 14.5. The highest BCUT2D eigenvalue weighted by Crippen LogP contribution is 2.30. The van der Waals surface area contributed by atoms with Gasteiger partial charge in [-0.15, -0.1) is 0 Å². The molecule has 0 bridgehead atoms. The van der Waals surface area contributed by atoms with Crippen LogP contribution >= 0.6 is 0 Å². The van der Waals surface area contributed by atoms with Gasteiger partial charge in [0.25, 0.3) is 0 Å². The van der Waals surface area contributed by atoms with Crippen LogP contribution in [0.25, 0.3) is 0 Å². The summed E-state index contributed by atoms with van der Waals surface area (Å²) in [6.07, 6.45) is 0.267. The Hall–Kier alpha value is -1.79. The van der Waals surface area contributed by atoms with Crippen LogP contribution in [0.2, 0.25) is 0 Å². The Balaban J connectivity index is 1.42. The van der Waals surface area contributed by atoms with E-state index in [-0.39, 0.29) is 18.1 Å². The summed E-state index contributed by atoms with van der Waals surface area (Å²) < 4.78 is 16.7. The number of ether oxygens (including phenoxy) is 3. The number of hydrogen-bond acceptors (Lipinski definition) is 5. The van der Waals surface area contributed by atoms with Gasteiger partial charge in [0, 0.05) is 19.0 Å². The highest BCUT2D eigenvalue weighted by atomic mass is 16.6. The summed E-state index contributed by atoms with van der Waals surface area (Å²) >= 11 is 0. The summed E-state index contributed by atoms with van der Waals surface area (Å²) in [7, 11) is 0. The summed E-state index contributed by atoms with van der Waals surface area (Å²) in [4.78, 5) is 11.9. The monoisotopic (exact) mass is 292 g/mol. The molecule has 0 saturated carbocycles. The van der Waals surface area contributed by atoms with E-state index < -0.39 is 0 Å². The van der Waals surface area contributed by atoms with Gasteiger partial charge < -0.3 is 24.8 Å². The molecule has 0 spiro atoms. The standard InChI is InChI=1S/C15H20N2O4/c18-15(7-11-9-19-6-5-16-11)17-8-12-10-20-13-3-1-2-4-14(13)21-12/h1-4,11-12,16H,5-10H2,(H,17,18). The van der Waals surface area contributed by atoms with Crippen LogP contribution in [0.15, 0.2) is 24.3 Å². The van der Waals surface area contributed by atoms with Crippen LogP contribution in [0.4, 0.5) is 0 Å². The van der Waals surface area contributed by atoms with Crippen LogP contribution in [0, 0.1) is 0 Å². The second-order valence-corrected chi connectivity index (χ2v) is 5.23. The van der Waals surface area contributed by atoms with Crippen LogP contribution in [-0.2, 0) is 9.53 Å². The number of carbonyl (C=O) groups excluding carboxylic acids is 1. The maximum Gasteiger partial charge on any atom is 0.221 e. The van der Waals surface area contributed by atoms with E-state index in [1.54, 1.807) is 0 Å². The number of fused-ring (bicyclic) bond motifs is 1. The molecule has 1 amide bonds. The van der Waals surface area contributed by atoms with Gasteiger partial charge in [-0.25, -0.2) is 0 Å². The average molecular weight is 292 g/mol. The van der Waals surface area contributed by atoms with Crippen molar-refractivity contribution >= 4 is 5.91 Å². The van der Waals surface area contributed by atoms with Crippen LogP contribution < -0.4 is 20.1 Å². The Morgan fingerprint density at radius 3 is 2.95 bits per heavy atom. The van der Waals surface area contributed by atoms with E-state index in [0.717, 1.165) is 18.0 Å². The lowest BCUT2D eigenvalue weighted by Crippen LogP contribution is -2.46. The van der Waals surface area contributed by atoms with Gasteiger partial charge in [0.1, 0.15) is 12.7 Å². The van der Waals surface area contributed by atoms with Crippen molar-refractivity contribution in [3.63, 3.8) is 0 Å². The van der Waals surface area contributed by atoms with Crippen molar-refractivity contribution < 1.29 is 19.0 Å². The molecule has 6 nitrogen and oxygen atoms in total. The van der Waals surface area contributed by atoms with Crippen molar-refractivity contribution in [2.24, 2.45) is 0 Å². The molecule has 114 valence electrons. The number of rotatable bonds is 4. The zero-order valence-electron chi connectivity index (χ0n) is 11.8. The van der Waals surface area contributed by atoms with Gasteiger partial charge in [-0.3, -0.25) is 4.79 Å². The molecule has 1 aromatic rings. The molecule has 2 unspecified atom stereocenters. The van der Waals surface area contributed by atoms with Gasteiger partial charge in [-0.05, 0) is 12.1 Å². The first-order valence-electron chi connectivity index (χ1n) is 7.27. The van der Waals surface area contributed by atoms with E-state index in [4.69, 9.17) is 14.2 Å². The first-order valence-corrected chi connectivity index (χ1v) is 7.27. The molecule has 2 N–H and O–H groups in total. The summed E-state index contributed by atoms with van der Waals surface area (Å²) in [5, 5.41) is 6.15. The largest absolute Gasteiger partial charge is 0.486 e. The minimum Gasteiger partial charge on any atom is -0.486 e. The van der Waals surface area contributed by atoms with Crippen LogP contribution in [-0.4, -0.2) is 51.0 Å². The molecule has 2 aliphatic rings. The third-order valence-electron chi connectivity index (χ3n) is 3.52. The topological polar surface area (TPSA) is 68.8 Å². The molecule has 3 rings (SSSR count). The lowest BCUT2D eigenvalue weighted by atomic mass is 10.2. The fraction of sp³-hybridized carbons (Fsp3) is 0.533. The van der Waals surface area contributed by atoms with Gasteiger partial charge in [0.05, 0.1) is 19.8 Å². The number of nitrogens with one attached hydrogen (secondary N) is 2. The third kappa shape index (κ3) is 3.86. The Kier molecular flexibility index (Phi) is 4.57. The molecule has 21 heavy (non-hydrogen) atoms. The van der Waals surface area contributed by atoms with Crippen molar-refractivity contribution in [3.05, 3.63) is 24.3 Å². The molecular formula is C15H20N2O4. The van der Waals surface area contributed by atoms with Crippen molar-refractivity contribution in [1.29, 1.82) is 0 Å². The summed E-state index contributed by atoms with van der Waals surface area (Å²) in [6, 6.07) is 7.65. The summed E-state index contributed by atoms with van der Waals surface area (Å²) in [6.45, 7) is 2.99. The van der Waals surface area contributed by atoms with E-state index >= 15 is 0 Å². The van der Waals surface area contributed by atoms with E-state index in [9.17, 15) is 4.79 Å². The molecule has 2 heterocycles. The second kappa shape index (κ2) is 6.78. The predicted molar refractivity (Wildman–Crippen MR) is 76.6 cm³/mol. The van der Waals surface area contributed by atoms with E-state index in [1.807, 2.05) is 24.3 Å². The molecule has 6 heteroatoms. The maximum absolute atomic E-state index is 11.9. The summed E-state index contributed by atoms with van der Waals surface area (Å²) in [5.74, 6) is 1.48. The number of para-hydroxylation sites is 2. The van der Waals surface area contributed by atoms with E-state index in [0.29, 0.717) is 32.8 Å². The minimum atomic E-state index is -0.153. The number of morpholine rings is 1. The van der Waals surface area contributed by atoms with Crippen LogP contribution in [0.5, 0.6) is 11.5 Å². The predicted octanol–water partition coefficient (Wildman–Crippen LogP) is 0.321. The van der Waals surface area contributed by atoms with Gasteiger partial charge in [-0.2, -0.15) is 0 Å². The van der Waals surface area contributed by atoms with Crippen LogP contribution in [0.3, 0.4) is 0 Å². The van der Waals surface area contributed by atoms with Crippen molar-refractivity contribution in [3.8, 4) is 11.5 Å². The number of amides is 1. The second-order valence-electron chi connectivity index (χ2n) is 5.23. The lowest BCUT2D eigenvalue weighted by Gasteiger charge is -2.27. The van der Waals surface area contributed by atoms with Crippen molar-refractivity contribution in [2.75, 3.05) is 32.9 Å². The lowest BCUT2D eigenvalue weighted by molar-refractivity contribution is -0.122. The molecule has 0 radical (unpaired) electrons. The Bertz CT molecular complexity index is 488. The van der Waals surface area contributed by atoms with Gasteiger partial charge >= 0.3 is 0 Å². The smallest absolute Gasteiger partial charge is 0.221 e. The molecule has 2 aliphatic heterocycles. The van der Waals surface area contributed by atoms with Crippen LogP contribution in [0.1, 0.15) is 6.42 Å². The minimum absolute atomic E-state index is 0.000425. The molecule has 1 aromatic carbocycles. The fourth-order valence-electron chi connectivity index (χ4n) is 2.44. The van der Waals surface area contributed by atoms with E-state index in [1.165, 1.54) is 0 Å². The Labute approximate surface area is 123 Å². The average Bonchev–Trinajstić information content (AvgIpc) is 2.54. The normalized spacial score (nSPS) is 24.4. The Morgan fingerprint density at radius 1 is 1.29 bits per heavy atom. The highest BCUT2D eigenvalue weighted by molar-refractivity contribution is 5.76. The van der Waals surface area contributed by atoms with Gasteiger partial charge in [0.15, 0.2) is 11.5 Å². The fourth-order valence-corrected chi connectivity index (χ4v) is 2.44. The molecule has 1 saturated heterocycles. The summed E-state index contributed by atoms with van der Waals surface area (Å²) in [5.41, 5.74) is 0. The molecule has 1 fully saturated rings. The Morgan fingerprint density at radius 2 is 2.14 bits per heavy atom. The SMILES string of the molecule is O=C(CC1COCCN1)NCC1COc2ccccc2O1. The first kappa shape index (κ1) is 14.2. The van der Waals surface area contributed by atoms with Gasteiger partial charge in [-0.1, -0.05) is 12.1 Å². The third-order valence-corrected chi connectivity index (χ3v) is 3.52. The molecule has 0 aromatic heterocycles. The van der Waals surface area contributed by atoms with Crippen molar-refractivity contribution in [1.82, 2.24) is 10.6 Å². The van der Waals surface area contributed by atoms with Crippen molar-refractivity contribution in [2.45, 2.75) is 18.6 Å². The highest BCUT2D eigenvalue weighted by Gasteiger charge is 2.22. The van der Waals surface area contributed by atoms with E-state index in [2.05, 4.69) is 10.6 Å². The molecule has 0 aliphatic carbocycles. The number of hydrogen-bond donors (Lipinski definition) is 2. The first-order chi connectivity index (χ1) is 10.3. The maximum atomic E-state index is 11.9. The number of benzene rings is 1.